The van der Waals surface area contributed by atoms with Crippen molar-refractivity contribution in [3.05, 3.63) is 22.4 Å². The van der Waals surface area contributed by atoms with Gasteiger partial charge >= 0.3 is 0 Å². The fraction of sp³-hybridized carbons (Fsp3) is 0.667. The van der Waals surface area contributed by atoms with Crippen LogP contribution in [0.15, 0.2) is 22.5 Å². The lowest BCUT2D eigenvalue weighted by Crippen LogP contribution is -2.41. The van der Waals surface area contributed by atoms with Gasteiger partial charge in [0.15, 0.2) is 5.96 Å². The Morgan fingerprint density at radius 1 is 1.50 bits per heavy atom. The number of guanidine groups is 1. The molecule has 7 heteroatoms. The van der Waals surface area contributed by atoms with E-state index in [0.717, 1.165) is 32.7 Å². The summed E-state index contributed by atoms with van der Waals surface area (Å²) in [5.74, 6) is 0.541. The van der Waals surface area contributed by atoms with Gasteiger partial charge in [0.1, 0.15) is 0 Å². The molecule has 2 heterocycles. The molecule has 0 aliphatic carbocycles. The number of ether oxygens (including phenoxy) is 1. The molecule has 22 heavy (non-hydrogen) atoms. The Labute approximate surface area is 154 Å². The van der Waals surface area contributed by atoms with E-state index in [1.54, 1.807) is 11.3 Å². The molecule has 1 aliphatic rings. The summed E-state index contributed by atoms with van der Waals surface area (Å²) in [7, 11) is 0. The maximum atomic E-state index is 5.98. The molecular formula is C15H27IN4OS. The molecular weight excluding hydrogens is 411 g/mol. The molecule has 5 nitrogen and oxygen atoms in total. The van der Waals surface area contributed by atoms with Crippen molar-refractivity contribution in [3.8, 4) is 0 Å². The quantitative estimate of drug-likeness (QED) is 0.407. The SMILES string of the molecule is CCC(C)NC(N)=NCC(c1cccs1)N1CCOCC1.I. The van der Waals surface area contributed by atoms with Gasteiger partial charge in [-0.1, -0.05) is 13.0 Å². The van der Waals surface area contributed by atoms with E-state index in [9.17, 15) is 0 Å². The van der Waals surface area contributed by atoms with Gasteiger partial charge in [-0.3, -0.25) is 9.89 Å². The highest BCUT2D eigenvalue weighted by Crippen LogP contribution is 2.26. The van der Waals surface area contributed by atoms with Crippen LogP contribution in [0.3, 0.4) is 0 Å². The highest BCUT2D eigenvalue weighted by atomic mass is 127. The smallest absolute Gasteiger partial charge is 0.188 e. The Morgan fingerprint density at radius 2 is 2.23 bits per heavy atom. The van der Waals surface area contributed by atoms with Crippen LogP contribution in [-0.4, -0.2) is 49.7 Å². The van der Waals surface area contributed by atoms with E-state index in [2.05, 4.69) is 46.6 Å². The molecule has 1 fully saturated rings. The molecule has 126 valence electrons. The number of nitrogens with one attached hydrogen (secondary N) is 1. The third-order valence-electron chi connectivity index (χ3n) is 3.80. The molecule has 3 N–H and O–H groups in total. The molecule has 0 saturated carbocycles. The number of thiophene rings is 1. The first kappa shape index (κ1) is 19.7. The van der Waals surface area contributed by atoms with E-state index < -0.39 is 0 Å². The van der Waals surface area contributed by atoms with Crippen molar-refractivity contribution in [3.63, 3.8) is 0 Å². The summed E-state index contributed by atoms with van der Waals surface area (Å²) in [6.07, 6.45) is 1.04. The van der Waals surface area contributed by atoms with Gasteiger partial charge in [0.05, 0.1) is 25.8 Å². The van der Waals surface area contributed by atoms with Crippen LogP contribution in [0, 0.1) is 0 Å². The van der Waals surface area contributed by atoms with Crippen molar-refractivity contribution in [1.82, 2.24) is 10.2 Å². The van der Waals surface area contributed by atoms with Gasteiger partial charge in [-0.2, -0.15) is 0 Å². The van der Waals surface area contributed by atoms with E-state index >= 15 is 0 Å². The number of nitrogens with zero attached hydrogens (tertiary/aromatic N) is 2. The summed E-state index contributed by atoms with van der Waals surface area (Å²) in [6, 6.07) is 4.93. The molecule has 0 spiro atoms. The summed E-state index contributed by atoms with van der Waals surface area (Å²) in [4.78, 5) is 8.34. The molecule has 0 radical (unpaired) electrons. The van der Waals surface area contributed by atoms with Crippen LogP contribution in [0.4, 0.5) is 0 Å². The largest absolute Gasteiger partial charge is 0.379 e. The second-order valence-electron chi connectivity index (χ2n) is 5.36. The van der Waals surface area contributed by atoms with Gasteiger partial charge in [0.2, 0.25) is 0 Å². The summed E-state index contributed by atoms with van der Waals surface area (Å²) < 4.78 is 5.45. The van der Waals surface area contributed by atoms with Crippen molar-refractivity contribution >= 4 is 41.3 Å². The molecule has 0 bridgehead atoms. The Bertz CT molecular complexity index is 435. The minimum Gasteiger partial charge on any atom is -0.379 e. The number of halogens is 1. The third kappa shape index (κ3) is 6.02. The molecule has 1 aromatic rings. The molecule has 2 unspecified atom stereocenters. The van der Waals surface area contributed by atoms with Gasteiger partial charge in [0.25, 0.3) is 0 Å². The van der Waals surface area contributed by atoms with Crippen LogP contribution in [0.5, 0.6) is 0 Å². The predicted octanol–water partition coefficient (Wildman–Crippen LogP) is 2.44. The molecule has 0 amide bonds. The van der Waals surface area contributed by atoms with Crippen LogP contribution in [0.2, 0.25) is 0 Å². The van der Waals surface area contributed by atoms with Gasteiger partial charge in [-0.05, 0) is 24.8 Å². The minimum atomic E-state index is 0. The number of nitrogens with two attached hydrogens (primary N) is 1. The average Bonchev–Trinajstić information content (AvgIpc) is 3.02. The van der Waals surface area contributed by atoms with Crippen molar-refractivity contribution in [1.29, 1.82) is 0 Å². The maximum absolute atomic E-state index is 5.98. The normalized spacial score (nSPS) is 19.3. The first-order valence-corrected chi connectivity index (χ1v) is 8.50. The highest BCUT2D eigenvalue weighted by molar-refractivity contribution is 14.0. The van der Waals surface area contributed by atoms with Crippen LogP contribution in [0.25, 0.3) is 0 Å². The molecule has 1 aliphatic heterocycles. The first-order chi connectivity index (χ1) is 10.2. The lowest BCUT2D eigenvalue weighted by atomic mass is 10.2. The van der Waals surface area contributed by atoms with E-state index in [-0.39, 0.29) is 24.0 Å². The average molecular weight is 438 g/mol. The van der Waals surface area contributed by atoms with Gasteiger partial charge in [-0.15, -0.1) is 35.3 Å². The van der Waals surface area contributed by atoms with E-state index in [1.165, 1.54) is 4.88 Å². The number of aliphatic imine (C=N–C) groups is 1. The van der Waals surface area contributed by atoms with Gasteiger partial charge in [-0.25, -0.2) is 0 Å². The lowest BCUT2D eigenvalue weighted by Gasteiger charge is -2.33. The molecule has 2 atom stereocenters. The van der Waals surface area contributed by atoms with Crippen LogP contribution in [-0.2, 0) is 4.74 Å². The zero-order valence-corrected chi connectivity index (χ0v) is 16.5. The fourth-order valence-corrected chi connectivity index (χ4v) is 3.19. The van der Waals surface area contributed by atoms with E-state index in [0.29, 0.717) is 24.6 Å². The van der Waals surface area contributed by atoms with Crippen molar-refractivity contribution < 1.29 is 4.74 Å². The summed E-state index contributed by atoms with van der Waals surface area (Å²) >= 11 is 1.78. The topological polar surface area (TPSA) is 62.9 Å². The van der Waals surface area contributed by atoms with Crippen molar-refractivity contribution in [2.75, 3.05) is 32.8 Å². The van der Waals surface area contributed by atoms with E-state index in [1.807, 2.05) is 0 Å². The lowest BCUT2D eigenvalue weighted by molar-refractivity contribution is 0.0187. The monoisotopic (exact) mass is 438 g/mol. The molecule has 1 aromatic heterocycles. The Balaban J connectivity index is 0.00000242. The van der Waals surface area contributed by atoms with Crippen LogP contribution in [0.1, 0.15) is 31.2 Å². The first-order valence-electron chi connectivity index (χ1n) is 7.62. The highest BCUT2D eigenvalue weighted by Gasteiger charge is 2.23. The second kappa shape index (κ2) is 10.4. The number of hydrogen-bond acceptors (Lipinski definition) is 4. The third-order valence-corrected chi connectivity index (χ3v) is 4.77. The molecule has 2 rings (SSSR count). The zero-order valence-electron chi connectivity index (χ0n) is 13.3. The summed E-state index contributed by atoms with van der Waals surface area (Å²) in [5, 5.41) is 5.34. The molecule has 1 saturated heterocycles. The standard InChI is InChI=1S/C15H26N4OS.HI/c1-3-12(2)18-15(16)17-11-13(14-5-4-10-21-14)19-6-8-20-9-7-19;/h4-5,10,12-13H,3,6-9,11H2,1-2H3,(H3,16,17,18);1H. The summed E-state index contributed by atoms with van der Waals surface area (Å²) in [6.45, 7) is 8.44. The molecule has 0 aromatic carbocycles. The Hall–Kier alpha value is -0.380. The van der Waals surface area contributed by atoms with Crippen LogP contribution >= 0.6 is 35.3 Å². The number of rotatable bonds is 6. The Kier molecular flexibility index (Phi) is 9.30. The zero-order chi connectivity index (χ0) is 15.1. The second-order valence-corrected chi connectivity index (χ2v) is 6.34. The maximum Gasteiger partial charge on any atom is 0.188 e. The van der Waals surface area contributed by atoms with Gasteiger partial charge < -0.3 is 15.8 Å². The fourth-order valence-electron chi connectivity index (χ4n) is 2.34. The van der Waals surface area contributed by atoms with Gasteiger partial charge in [0, 0.05) is 24.0 Å². The number of hydrogen-bond donors (Lipinski definition) is 2. The van der Waals surface area contributed by atoms with Crippen molar-refractivity contribution in [2.45, 2.75) is 32.4 Å². The van der Waals surface area contributed by atoms with Crippen molar-refractivity contribution in [2.24, 2.45) is 10.7 Å². The minimum absolute atomic E-state index is 0. The van der Waals surface area contributed by atoms with Crippen LogP contribution < -0.4 is 11.1 Å². The van der Waals surface area contributed by atoms with E-state index in [4.69, 9.17) is 10.5 Å². The Morgan fingerprint density at radius 3 is 2.82 bits per heavy atom. The number of morpholine rings is 1. The summed E-state index contributed by atoms with van der Waals surface area (Å²) in [5.41, 5.74) is 5.98. The predicted molar refractivity (Wildman–Crippen MR) is 104 cm³/mol.